The Kier molecular flexibility index (Phi) is 5.42. The molecule has 22 heavy (non-hydrogen) atoms. The highest BCUT2D eigenvalue weighted by Crippen LogP contribution is 2.14. The van der Waals surface area contributed by atoms with Crippen LogP contribution < -0.4 is 4.72 Å². The molecule has 0 aliphatic carbocycles. The van der Waals surface area contributed by atoms with Crippen molar-refractivity contribution in [1.82, 2.24) is 4.90 Å². The summed E-state index contributed by atoms with van der Waals surface area (Å²) >= 11 is 0. The molecule has 2 rings (SSSR count). The van der Waals surface area contributed by atoms with E-state index < -0.39 is 15.9 Å². The first-order chi connectivity index (χ1) is 10.4. The van der Waals surface area contributed by atoms with Gasteiger partial charge in [-0.05, 0) is 19.1 Å². The molecule has 1 fully saturated rings. The zero-order chi connectivity index (χ0) is 16.2. The summed E-state index contributed by atoms with van der Waals surface area (Å²) in [6.07, 6.45) is 0. The van der Waals surface area contributed by atoms with Gasteiger partial charge in [-0.2, -0.15) is 0 Å². The van der Waals surface area contributed by atoms with Crippen molar-refractivity contribution < 1.29 is 17.9 Å². The maximum absolute atomic E-state index is 12.3. The topological polar surface area (TPSA) is 75.7 Å². The number of nitrogens with zero attached hydrogens (tertiary/aromatic N) is 1. The van der Waals surface area contributed by atoms with Crippen LogP contribution in [0.15, 0.2) is 24.3 Å². The Hall–Kier alpha value is -1.60. The van der Waals surface area contributed by atoms with Gasteiger partial charge in [0.05, 0.1) is 24.9 Å². The first kappa shape index (κ1) is 16.8. The standard InChI is InChI=1S/C15H22N2O4S/c1-12-3-5-14(6-4-12)16-22(19,20)11-13(2)15(18)17-7-9-21-10-8-17/h3-6,13,16H,7-11H2,1-2H3. The van der Waals surface area contributed by atoms with Crippen LogP contribution in [0.4, 0.5) is 5.69 Å². The highest BCUT2D eigenvalue weighted by atomic mass is 32.2. The molecule has 6 nitrogen and oxygen atoms in total. The molecule has 0 aromatic heterocycles. The van der Waals surface area contributed by atoms with Crippen LogP contribution in [0.3, 0.4) is 0 Å². The van der Waals surface area contributed by atoms with Crippen LogP contribution in [-0.4, -0.2) is 51.3 Å². The molecule has 1 aliphatic rings. The lowest BCUT2D eigenvalue weighted by atomic mass is 10.2. The van der Waals surface area contributed by atoms with Crippen molar-refractivity contribution in [1.29, 1.82) is 0 Å². The number of carbonyl (C=O) groups is 1. The number of carbonyl (C=O) groups excluding carboxylic acids is 1. The molecule has 1 heterocycles. The molecule has 0 bridgehead atoms. The monoisotopic (exact) mass is 326 g/mol. The summed E-state index contributed by atoms with van der Waals surface area (Å²) in [6, 6.07) is 7.09. The summed E-state index contributed by atoms with van der Waals surface area (Å²) in [6.45, 7) is 5.64. The van der Waals surface area contributed by atoms with Gasteiger partial charge in [0.25, 0.3) is 0 Å². The number of sulfonamides is 1. The van der Waals surface area contributed by atoms with Crippen LogP contribution in [0.5, 0.6) is 0 Å². The van der Waals surface area contributed by atoms with Crippen LogP contribution in [0.2, 0.25) is 0 Å². The zero-order valence-electron chi connectivity index (χ0n) is 12.9. The molecule has 1 unspecified atom stereocenters. The normalized spacial score (nSPS) is 17.1. The van der Waals surface area contributed by atoms with Crippen molar-refractivity contribution in [3.63, 3.8) is 0 Å². The molecule has 0 radical (unpaired) electrons. The Morgan fingerprint density at radius 3 is 2.45 bits per heavy atom. The number of benzene rings is 1. The average molecular weight is 326 g/mol. The number of amides is 1. The lowest BCUT2D eigenvalue weighted by molar-refractivity contribution is -0.138. The van der Waals surface area contributed by atoms with Crippen LogP contribution in [0, 0.1) is 12.8 Å². The third-order valence-electron chi connectivity index (χ3n) is 3.54. The minimum atomic E-state index is -3.56. The fourth-order valence-electron chi connectivity index (χ4n) is 2.34. The lowest BCUT2D eigenvalue weighted by Crippen LogP contribution is -2.44. The number of rotatable bonds is 5. The molecule has 1 aliphatic heterocycles. The molecule has 1 atom stereocenters. The molecule has 1 aromatic carbocycles. The molecule has 1 saturated heterocycles. The van der Waals surface area contributed by atoms with Crippen molar-refractivity contribution in [2.45, 2.75) is 13.8 Å². The van der Waals surface area contributed by atoms with Gasteiger partial charge in [-0.3, -0.25) is 9.52 Å². The average Bonchev–Trinajstić information content (AvgIpc) is 2.49. The number of ether oxygens (including phenoxy) is 1. The van der Waals surface area contributed by atoms with E-state index in [1.807, 2.05) is 19.1 Å². The predicted molar refractivity (Wildman–Crippen MR) is 85.2 cm³/mol. The number of hydrogen-bond acceptors (Lipinski definition) is 4. The quantitative estimate of drug-likeness (QED) is 0.883. The molecule has 7 heteroatoms. The summed E-state index contributed by atoms with van der Waals surface area (Å²) < 4.78 is 32.1. The fraction of sp³-hybridized carbons (Fsp3) is 0.533. The van der Waals surface area contributed by atoms with Gasteiger partial charge >= 0.3 is 0 Å². The first-order valence-corrected chi connectivity index (χ1v) is 8.96. The van der Waals surface area contributed by atoms with Crippen molar-refractivity contribution in [3.05, 3.63) is 29.8 Å². The number of anilines is 1. The Bertz CT molecular complexity index is 607. The van der Waals surface area contributed by atoms with Gasteiger partial charge in [-0.25, -0.2) is 8.42 Å². The van der Waals surface area contributed by atoms with E-state index in [1.165, 1.54) is 0 Å². The van der Waals surface area contributed by atoms with Crippen LogP contribution >= 0.6 is 0 Å². The van der Waals surface area contributed by atoms with Crippen molar-refractivity contribution in [3.8, 4) is 0 Å². The van der Waals surface area contributed by atoms with E-state index in [4.69, 9.17) is 4.74 Å². The van der Waals surface area contributed by atoms with Crippen molar-refractivity contribution >= 4 is 21.6 Å². The lowest BCUT2D eigenvalue weighted by Gasteiger charge is -2.29. The van der Waals surface area contributed by atoms with E-state index in [1.54, 1.807) is 24.0 Å². The van der Waals surface area contributed by atoms with Gasteiger partial charge in [-0.15, -0.1) is 0 Å². The first-order valence-electron chi connectivity index (χ1n) is 7.31. The number of nitrogens with one attached hydrogen (secondary N) is 1. The maximum Gasteiger partial charge on any atom is 0.233 e. The molecule has 1 aromatic rings. The molecular weight excluding hydrogens is 304 g/mol. The van der Waals surface area contributed by atoms with E-state index in [0.717, 1.165) is 5.56 Å². The number of morpholine rings is 1. The van der Waals surface area contributed by atoms with Gasteiger partial charge in [-0.1, -0.05) is 24.6 Å². The van der Waals surface area contributed by atoms with Gasteiger partial charge in [0, 0.05) is 18.8 Å². The Labute approximate surface area is 131 Å². The largest absolute Gasteiger partial charge is 0.378 e. The van der Waals surface area contributed by atoms with Gasteiger partial charge in [0.1, 0.15) is 0 Å². The van der Waals surface area contributed by atoms with E-state index >= 15 is 0 Å². The predicted octanol–water partition coefficient (Wildman–Crippen LogP) is 1.23. The molecule has 0 saturated carbocycles. The summed E-state index contributed by atoms with van der Waals surface area (Å²) in [7, 11) is -3.56. The third kappa shape index (κ3) is 4.71. The van der Waals surface area contributed by atoms with Crippen LogP contribution in [-0.2, 0) is 19.6 Å². The molecule has 122 valence electrons. The Morgan fingerprint density at radius 1 is 1.27 bits per heavy atom. The summed E-state index contributed by atoms with van der Waals surface area (Å²) in [5.74, 6) is -0.949. The highest BCUT2D eigenvalue weighted by molar-refractivity contribution is 7.92. The number of aryl methyl sites for hydroxylation is 1. The Morgan fingerprint density at radius 2 is 1.86 bits per heavy atom. The third-order valence-corrected chi connectivity index (χ3v) is 5.02. The van der Waals surface area contributed by atoms with Crippen LogP contribution in [0.25, 0.3) is 0 Å². The van der Waals surface area contributed by atoms with E-state index in [9.17, 15) is 13.2 Å². The van der Waals surface area contributed by atoms with E-state index in [0.29, 0.717) is 32.0 Å². The van der Waals surface area contributed by atoms with Crippen molar-refractivity contribution in [2.24, 2.45) is 5.92 Å². The summed E-state index contributed by atoms with van der Waals surface area (Å²) in [5, 5.41) is 0. The second-order valence-corrected chi connectivity index (χ2v) is 7.36. The van der Waals surface area contributed by atoms with Crippen LogP contribution in [0.1, 0.15) is 12.5 Å². The SMILES string of the molecule is Cc1ccc(NS(=O)(=O)CC(C)C(=O)N2CCOCC2)cc1. The molecule has 0 spiro atoms. The molecule has 1 N–H and O–H groups in total. The maximum atomic E-state index is 12.3. The summed E-state index contributed by atoms with van der Waals surface area (Å²) in [5.41, 5.74) is 1.57. The fourth-order valence-corrected chi connectivity index (χ4v) is 3.72. The molecule has 1 amide bonds. The van der Waals surface area contributed by atoms with Gasteiger partial charge in [0.15, 0.2) is 0 Å². The van der Waals surface area contributed by atoms with Crippen molar-refractivity contribution in [2.75, 3.05) is 36.8 Å². The zero-order valence-corrected chi connectivity index (χ0v) is 13.7. The minimum Gasteiger partial charge on any atom is -0.378 e. The van der Waals surface area contributed by atoms with Gasteiger partial charge in [0.2, 0.25) is 15.9 Å². The molecular formula is C15H22N2O4S. The van der Waals surface area contributed by atoms with Gasteiger partial charge < -0.3 is 9.64 Å². The second kappa shape index (κ2) is 7.11. The minimum absolute atomic E-state index is 0.141. The Balaban J connectivity index is 1.95. The summed E-state index contributed by atoms with van der Waals surface area (Å²) in [4.78, 5) is 13.9. The smallest absolute Gasteiger partial charge is 0.233 e. The highest BCUT2D eigenvalue weighted by Gasteiger charge is 2.26. The van der Waals surface area contributed by atoms with E-state index in [2.05, 4.69) is 4.72 Å². The number of hydrogen-bond donors (Lipinski definition) is 1. The van der Waals surface area contributed by atoms with E-state index in [-0.39, 0.29) is 11.7 Å². The second-order valence-electron chi connectivity index (χ2n) is 5.59.